The molecule has 20 heavy (non-hydrogen) atoms. The first-order chi connectivity index (χ1) is 9.01. The molecule has 2 aromatic rings. The number of alkyl halides is 6. The molecule has 0 saturated heterocycles. The molecule has 0 amide bonds. The van der Waals surface area contributed by atoms with Crippen molar-refractivity contribution >= 4 is 22.5 Å². The minimum atomic E-state index is -5.20. The third kappa shape index (κ3) is 2.54. The van der Waals surface area contributed by atoms with E-state index < -0.39 is 23.6 Å². The van der Waals surface area contributed by atoms with E-state index in [0.29, 0.717) is 6.07 Å². The van der Waals surface area contributed by atoms with Crippen LogP contribution in [-0.2, 0) is 12.4 Å². The predicted molar refractivity (Wildman–Crippen MR) is 61.5 cm³/mol. The highest BCUT2D eigenvalue weighted by atomic mass is 35.5. The Balaban J connectivity index is 2.90. The van der Waals surface area contributed by atoms with E-state index in [2.05, 4.69) is 4.98 Å². The summed E-state index contributed by atoms with van der Waals surface area (Å²) >= 11 is 5.74. The zero-order valence-corrected chi connectivity index (χ0v) is 10.6. The Bertz CT molecular complexity index is 674. The van der Waals surface area contributed by atoms with Gasteiger partial charge in [0.2, 0.25) is 0 Å². The first-order valence-corrected chi connectivity index (χ1v) is 5.64. The fourth-order valence-corrected chi connectivity index (χ4v) is 1.94. The average Bonchev–Trinajstić information content (AvgIpc) is 2.30. The first-order valence-electron chi connectivity index (χ1n) is 5.26. The average molecular weight is 314 g/mol. The van der Waals surface area contributed by atoms with E-state index in [4.69, 9.17) is 11.6 Å². The van der Waals surface area contributed by atoms with Crippen molar-refractivity contribution in [2.24, 2.45) is 0 Å². The lowest BCUT2D eigenvalue weighted by Gasteiger charge is -2.16. The maximum absolute atomic E-state index is 12.7. The van der Waals surface area contributed by atoms with Gasteiger partial charge >= 0.3 is 12.4 Å². The normalized spacial score (nSPS) is 13.0. The van der Waals surface area contributed by atoms with Gasteiger partial charge in [-0.05, 0) is 24.6 Å². The highest BCUT2D eigenvalue weighted by Gasteiger charge is 2.45. The van der Waals surface area contributed by atoms with Crippen molar-refractivity contribution in [3.63, 3.8) is 0 Å². The number of rotatable bonds is 0. The number of aryl methyl sites for hydroxylation is 1. The van der Waals surface area contributed by atoms with Crippen LogP contribution in [-0.4, -0.2) is 4.98 Å². The zero-order valence-electron chi connectivity index (χ0n) is 9.83. The van der Waals surface area contributed by atoms with E-state index in [-0.39, 0.29) is 21.5 Å². The van der Waals surface area contributed by atoms with Crippen LogP contribution in [0.15, 0.2) is 18.2 Å². The summed E-state index contributed by atoms with van der Waals surface area (Å²) in [4.78, 5) is 3.14. The van der Waals surface area contributed by atoms with E-state index in [0.717, 1.165) is 0 Å². The quantitative estimate of drug-likeness (QED) is 0.607. The number of halogens is 7. The van der Waals surface area contributed by atoms with Crippen molar-refractivity contribution in [3.05, 3.63) is 40.0 Å². The molecule has 1 aromatic carbocycles. The summed E-state index contributed by atoms with van der Waals surface area (Å²) in [6, 6.07) is 2.95. The van der Waals surface area contributed by atoms with E-state index in [1.54, 1.807) is 0 Å². The molecular weight excluding hydrogens is 308 g/mol. The summed E-state index contributed by atoms with van der Waals surface area (Å²) in [6.07, 6.45) is -10.3. The van der Waals surface area contributed by atoms with Gasteiger partial charge < -0.3 is 0 Å². The Labute approximate surface area is 114 Å². The first kappa shape index (κ1) is 14.9. The summed E-state index contributed by atoms with van der Waals surface area (Å²) in [5.74, 6) is 0. The largest absolute Gasteiger partial charge is 0.433 e. The number of pyridine rings is 1. The monoisotopic (exact) mass is 313 g/mol. The van der Waals surface area contributed by atoms with Crippen molar-refractivity contribution in [2.45, 2.75) is 19.3 Å². The van der Waals surface area contributed by atoms with Crippen LogP contribution >= 0.6 is 11.6 Å². The van der Waals surface area contributed by atoms with E-state index in [1.807, 2.05) is 0 Å². The van der Waals surface area contributed by atoms with Gasteiger partial charge in [0.25, 0.3) is 0 Å². The molecule has 1 heterocycles. The Hall–Kier alpha value is -1.50. The minimum Gasteiger partial charge on any atom is -0.242 e. The van der Waals surface area contributed by atoms with Crippen LogP contribution in [0.2, 0.25) is 5.02 Å². The van der Waals surface area contributed by atoms with Gasteiger partial charge in [0.05, 0.1) is 11.1 Å². The molecule has 1 aromatic heterocycles. The lowest BCUT2D eigenvalue weighted by Crippen LogP contribution is -2.18. The van der Waals surface area contributed by atoms with Crippen LogP contribution in [0.1, 0.15) is 16.8 Å². The molecule has 0 aliphatic rings. The topological polar surface area (TPSA) is 12.9 Å². The SMILES string of the molecule is Cc1c(Cl)ccc2cc(C(F)(F)F)c(C(F)(F)F)nc12. The molecule has 0 aliphatic heterocycles. The highest BCUT2D eigenvalue weighted by Crippen LogP contribution is 2.41. The molecule has 0 saturated carbocycles. The minimum absolute atomic E-state index is 0.0489. The second-order valence-corrected chi connectivity index (χ2v) is 4.53. The summed E-state index contributed by atoms with van der Waals surface area (Å²) in [5.41, 5.74) is -3.76. The molecule has 0 atom stereocenters. The third-order valence-corrected chi connectivity index (χ3v) is 3.16. The smallest absolute Gasteiger partial charge is 0.242 e. The molecule has 0 bridgehead atoms. The number of nitrogens with zero attached hydrogens (tertiary/aromatic N) is 1. The number of benzene rings is 1. The van der Waals surface area contributed by atoms with Crippen LogP contribution in [0.4, 0.5) is 26.3 Å². The van der Waals surface area contributed by atoms with E-state index in [9.17, 15) is 26.3 Å². The van der Waals surface area contributed by atoms with Gasteiger partial charge in [-0.1, -0.05) is 17.7 Å². The summed E-state index contributed by atoms with van der Waals surface area (Å²) < 4.78 is 76.4. The zero-order chi connectivity index (χ0) is 15.3. The summed E-state index contributed by atoms with van der Waals surface area (Å²) in [7, 11) is 0. The molecule has 8 heteroatoms. The second-order valence-electron chi connectivity index (χ2n) is 4.12. The van der Waals surface area contributed by atoms with Gasteiger partial charge in [0, 0.05) is 10.4 Å². The maximum atomic E-state index is 12.7. The Morgan fingerprint density at radius 2 is 1.60 bits per heavy atom. The molecule has 0 unspecified atom stereocenters. The van der Waals surface area contributed by atoms with Gasteiger partial charge in [-0.3, -0.25) is 0 Å². The molecule has 1 nitrogen and oxygen atoms in total. The van der Waals surface area contributed by atoms with Crippen molar-refractivity contribution in [2.75, 3.05) is 0 Å². The third-order valence-electron chi connectivity index (χ3n) is 2.75. The summed E-state index contributed by atoms with van der Waals surface area (Å²) in [5, 5.41) is 0.0881. The summed E-state index contributed by atoms with van der Waals surface area (Å²) in [6.45, 7) is 1.39. The molecule has 0 fully saturated rings. The fourth-order valence-electron chi connectivity index (χ4n) is 1.79. The molecule has 2 rings (SSSR count). The fraction of sp³-hybridized carbons (Fsp3) is 0.250. The van der Waals surface area contributed by atoms with Crippen LogP contribution in [0.5, 0.6) is 0 Å². The predicted octanol–water partition coefficient (Wildman–Crippen LogP) is 5.23. The van der Waals surface area contributed by atoms with E-state index >= 15 is 0 Å². The molecule has 0 radical (unpaired) electrons. The van der Waals surface area contributed by atoms with Crippen LogP contribution in [0, 0.1) is 6.92 Å². The molecular formula is C12H6ClF6N. The highest BCUT2D eigenvalue weighted by molar-refractivity contribution is 6.32. The standard InChI is InChI=1S/C12H6ClF6N/c1-5-8(13)3-2-6-4-7(11(14,15)16)10(12(17,18)19)20-9(5)6/h2-4H,1H3. The second kappa shape index (κ2) is 4.51. The molecule has 108 valence electrons. The lowest BCUT2D eigenvalue weighted by molar-refractivity contribution is -0.164. The van der Waals surface area contributed by atoms with Crippen LogP contribution < -0.4 is 0 Å². The molecule has 0 aliphatic carbocycles. The van der Waals surface area contributed by atoms with Crippen molar-refractivity contribution in [3.8, 4) is 0 Å². The lowest BCUT2D eigenvalue weighted by atomic mass is 10.1. The van der Waals surface area contributed by atoms with E-state index in [1.165, 1.54) is 19.1 Å². The van der Waals surface area contributed by atoms with Gasteiger partial charge in [-0.25, -0.2) is 4.98 Å². The van der Waals surface area contributed by atoms with Crippen LogP contribution in [0.3, 0.4) is 0 Å². The van der Waals surface area contributed by atoms with Crippen molar-refractivity contribution < 1.29 is 26.3 Å². The maximum Gasteiger partial charge on any atom is 0.433 e. The Morgan fingerprint density at radius 3 is 2.10 bits per heavy atom. The van der Waals surface area contributed by atoms with Gasteiger partial charge in [-0.15, -0.1) is 0 Å². The van der Waals surface area contributed by atoms with Gasteiger partial charge in [0.1, 0.15) is 0 Å². The number of fused-ring (bicyclic) bond motifs is 1. The molecule has 0 spiro atoms. The Kier molecular flexibility index (Phi) is 3.36. The number of aromatic nitrogens is 1. The number of hydrogen-bond donors (Lipinski definition) is 0. The van der Waals surface area contributed by atoms with Crippen molar-refractivity contribution in [1.82, 2.24) is 4.98 Å². The Morgan fingerprint density at radius 1 is 1.00 bits per heavy atom. The van der Waals surface area contributed by atoms with Crippen LogP contribution in [0.25, 0.3) is 10.9 Å². The molecule has 0 N–H and O–H groups in total. The number of hydrogen-bond acceptors (Lipinski definition) is 1. The van der Waals surface area contributed by atoms with Gasteiger partial charge in [-0.2, -0.15) is 26.3 Å². The van der Waals surface area contributed by atoms with Crippen molar-refractivity contribution in [1.29, 1.82) is 0 Å². The van der Waals surface area contributed by atoms with Gasteiger partial charge in [0.15, 0.2) is 5.69 Å².